The Labute approximate surface area is 321 Å². The van der Waals surface area contributed by atoms with Crippen molar-refractivity contribution in [3.8, 4) is 0 Å². The van der Waals surface area contributed by atoms with E-state index in [1.165, 1.54) is 0 Å². The van der Waals surface area contributed by atoms with Crippen LogP contribution in [-0.4, -0.2) is 49.5 Å². The molecule has 0 radical (unpaired) electrons. The van der Waals surface area contributed by atoms with Gasteiger partial charge in [-0.2, -0.15) is 0 Å². The molecule has 1 fully saturated rings. The Hall–Kier alpha value is -4.18. The highest BCUT2D eigenvalue weighted by atomic mass is 16.8. The van der Waals surface area contributed by atoms with Gasteiger partial charge < -0.3 is 33.2 Å². The lowest BCUT2D eigenvalue weighted by Crippen LogP contribution is -2.55. The maximum Gasteiger partial charge on any atom is 0.168 e. The lowest BCUT2D eigenvalue weighted by Gasteiger charge is -2.39. The van der Waals surface area contributed by atoms with Crippen molar-refractivity contribution in [3.05, 3.63) is 179 Å². The zero-order chi connectivity index (χ0) is 37.3. The summed E-state index contributed by atoms with van der Waals surface area (Å²) in [5, 5.41) is 0. The fraction of sp³-hybridized carbons (Fsp3) is 0.362. The average Bonchev–Trinajstić information content (AvgIpc) is 3.68. The summed E-state index contributed by atoms with van der Waals surface area (Å²) in [5.74, 6) is -0.703. The van der Waals surface area contributed by atoms with Gasteiger partial charge >= 0.3 is 0 Å². The van der Waals surface area contributed by atoms with Gasteiger partial charge in [-0.3, -0.25) is 0 Å². The van der Waals surface area contributed by atoms with E-state index in [1.807, 2.05) is 91.0 Å². The Morgan fingerprint density at radius 3 is 1.31 bits per heavy atom. The standard InChI is InChI=1S/C47H54O7/c1-3-47(4-2)53-36-43(54-47)45(51-33-40-26-16-8-17-27-40)46(52-34-41-28-18-9-19-29-41)44(50-32-39-24-14-7-15-25-39)42(49-31-38-22-12-6-13-23-38)35-48-30-37-20-10-5-11-21-37/h5-29,42-46H,3-4,30-36H2,1-2H3/t42-,43+,44-,45+,46+/m0/s1. The molecule has 0 bridgehead atoms. The number of hydrogen-bond donors (Lipinski definition) is 0. The van der Waals surface area contributed by atoms with Crippen molar-refractivity contribution in [1.29, 1.82) is 0 Å². The Kier molecular flexibility index (Phi) is 15.4. The Bertz CT molecular complexity index is 1720. The lowest BCUT2D eigenvalue weighted by molar-refractivity contribution is -0.231. The van der Waals surface area contributed by atoms with Gasteiger partial charge in [0.15, 0.2) is 5.79 Å². The summed E-state index contributed by atoms with van der Waals surface area (Å²) < 4.78 is 47.6. The molecule has 5 aromatic rings. The summed E-state index contributed by atoms with van der Waals surface area (Å²) in [7, 11) is 0. The van der Waals surface area contributed by atoms with Gasteiger partial charge in [-0.1, -0.05) is 166 Å². The summed E-state index contributed by atoms with van der Waals surface area (Å²) in [6, 6.07) is 50.9. The van der Waals surface area contributed by atoms with Crippen LogP contribution in [0.3, 0.4) is 0 Å². The molecule has 5 atom stereocenters. The molecule has 7 heteroatoms. The third kappa shape index (κ3) is 11.7. The monoisotopic (exact) mass is 730 g/mol. The zero-order valence-electron chi connectivity index (χ0n) is 31.5. The number of ether oxygens (including phenoxy) is 7. The molecule has 0 unspecified atom stereocenters. The normalized spacial score (nSPS) is 17.5. The largest absolute Gasteiger partial charge is 0.374 e. The first kappa shape index (κ1) is 39.5. The van der Waals surface area contributed by atoms with E-state index in [0.717, 1.165) is 27.8 Å². The van der Waals surface area contributed by atoms with E-state index in [1.54, 1.807) is 0 Å². The van der Waals surface area contributed by atoms with Crippen LogP contribution in [0.1, 0.15) is 54.5 Å². The van der Waals surface area contributed by atoms with Crippen molar-refractivity contribution in [1.82, 2.24) is 0 Å². The molecular formula is C47H54O7. The van der Waals surface area contributed by atoms with E-state index in [4.69, 9.17) is 33.2 Å². The molecule has 0 amide bonds. The van der Waals surface area contributed by atoms with Gasteiger partial charge in [0.1, 0.15) is 30.5 Å². The molecule has 1 heterocycles. The third-order valence-corrected chi connectivity index (χ3v) is 9.89. The van der Waals surface area contributed by atoms with Gasteiger partial charge in [0.05, 0.1) is 46.2 Å². The molecule has 1 saturated heterocycles. The van der Waals surface area contributed by atoms with Gasteiger partial charge in [-0.25, -0.2) is 0 Å². The zero-order valence-corrected chi connectivity index (χ0v) is 31.5. The van der Waals surface area contributed by atoms with Gasteiger partial charge in [0.2, 0.25) is 0 Å². The van der Waals surface area contributed by atoms with Crippen LogP contribution in [0.25, 0.3) is 0 Å². The molecule has 0 spiro atoms. The summed E-state index contributed by atoms with van der Waals surface area (Å²) in [5.41, 5.74) is 5.25. The van der Waals surface area contributed by atoms with Crippen LogP contribution in [0.4, 0.5) is 0 Å². The van der Waals surface area contributed by atoms with Crippen LogP contribution in [0.2, 0.25) is 0 Å². The van der Waals surface area contributed by atoms with Gasteiger partial charge in [-0.05, 0) is 40.7 Å². The summed E-state index contributed by atoms with van der Waals surface area (Å²) >= 11 is 0. The van der Waals surface area contributed by atoms with Crippen LogP contribution < -0.4 is 0 Å². The first-order chi connectivity index (χ1) is 26.6. The molecule has 0 aromatic heterocycles. The van der Waals surface area contributed by atoms with Crippen LogP contribution in [0.5, 0.6) is 0 Å². The fourth-order valence-electron chi connectivity index (χ4n) is 6.75. The third-order valence-electron chi connectivity index (χ3n) is 9.89. The summed E-state index contributed by atoms with van der Waals surface area (Å²) in [4.78, 5) is 0. The lowest BCUT2D eigenvalue weighted by atomic mass is 9.97. The number of rotatable bonds is 22. The van der Waals surface area contributed by atoms with Gasteiger partial charge in [0, 0.05) is 0 Å². The van der Waals surface area contributed by atoms with E-state index in [9.17, 15) is 0 Å². The maximum absolute atomic E-state index is 7.05. The molecule has 54 heavy (non-hydrogen) atoms. The molecule has 284 valence electrons. The second kappa shape index (κ2) is 21.1. The van der Waals surface area contributed by atoms with Crippen molar-refractivity contribution in [3.63, 3.8) is 0 Å². The van der Waals surface area contributed by atoms with Crippen molar-refractivity contribution < 1.29 is 33.2 Å². The SMILES string of the molecule is CCC1(CC)OC[C@H]([C@@H](OCc2ccccc2)[C@H](OCc2ccccc2)[C@@H](OCc2ccccc2)[C@H](COCc2ccccc2)OCc2ccccc2)O1. The van der Waals surface area contributed by atoms with Gasteiger partial charge in [0.25, 0.3) is 0 Å². The predicted octanol–water partition coefficient (Wildman–Crippen LogP) is 9.48. The van der Waals surface area contributed by atoms with Crippen molar-refractivity contribution in [2.75, 3.05) is 13.2 Å². The van der Waals surface area contributed by atoms with Crippen molar-refractivity contribution >= 4 is 0 Å². The highest BCUT2D eigenvalue weighted by Crippen LogP contribution is 2.35. The first-order valence-corrected chi connectivity index (χ1v) is 19.2. The van der Waals surface area contributed by atoms with Crippen molar-refractivity contribution in [2.24, 2.45) is 0 Å². The predicted molar refractivity (Wildman–Crippen MR) is 210 cm³/mol. The molecule has 7 nitrogen and oxygen atoms in total. The van der Waals surface area contributed by atoms with E-state index >= 15 is 0 Å². The fourth-order valence-corrected chi connectivity index (χ4v) is 6.75. The Balaban J connectivity index is 1.39. The molecule has 1 aliphatic heterocycles. The van der Waals surface area contributed by atoms with E-state index < -0.39 is 36.3 Å². The van der Waals surface area contributed by atoms with Crippen LogP contribution in [-0.2, 0) is 66.2 Å². The quantitative estimate of drug-likeness (QED) is 0.0703. The molecule has 0 aliphatic carbocycles. The summed E-state index contributed by atoms with van der Waals surface area (Å²) in [6.45, 7) is 6.62. The molecule has 0 N–H and O–H groups in total. The molecule has 1 aliphatic rings. The molecular weight excluding hydrogens is 677 g/mol. The minimum absolute atomic E-state index is 0.258. The van der Waals surface area contributed by atoms with E-state index in [0.29, 0.717) is 52.5 Å². The van der Waals surface area contributed by atoms with E-state index in [2.05, 4.69) is 74.5 Å². The summed E-state index contributed by atoms with van der Waals surface area (Å²) in [6.07, 6.45) is -1.45. The number of hydrogen-bond acceptors (Lipinski definition) is 7. The minimum atomic E-state index is -0.703. The first-order valence-electron chi connectivity index (χ1n) is 19.2. The van der Waals surface area contributed by atoms with E-state index in [-0.39, 0.29) is 6.61 Å². The van der Waals surface area contributed by atoms with Crippen molar-refractivity contribution in [2.45, 2.75) is 96.0 Å². The van der Waals surface area contributed by atoms with Crippen LogP contribution in [0, 0.1) is 0 Å². The smallest absolute Gasteiger partial charge is 0.168 e. The second-order valence-electron chi connectivity index (χ2n) is 13.7. The van der Waals surface area contributed by atoms with Crippen LogP contribution in [0.15, 0.2) is 152 Å². The molecule has 0 saturated carbocycles. The molecule has 6 rings (SSSR count). The average molecular weight is 731 g/mol. The molecule has 5 aromatic carbocycles. The van der Waals surface area contributed by atoms with Gasteiger partial charge in [-0.15, -0.1) is 0 Å². The number of benzene rings is 5. The highest BCUT2D eigenvalue weighted by Gasteiger charge is 2.48. The van der Waals surface area contributed by atoms with Crippen LogP contribution >= 0.6 is 0 Å². The minimum Gasteiger partial charge on any atom is -0.374 e. The Morgan fingerprint density at radius 2 is 0.889 bits per heavy atom. The topological polar surface area (TPSA) is 64.6 Å². The second-order valence-corrected chi connectivity index (χ2v) is 13.7. The Morgan fingerprint density at radius 1 is 0.500 bits per heavy atom. The maximum atomic E-state index is 7.05. The highest BCUT2D eigenvalue weighted by molar-refractivity contribution is 5.17.